The van der Waals surface area contributed by atoms with Crippen LogP contribution < -0.4 is 5.32 Å². The second-order valence-corrected chi connectivity index (χ2v) is 10.1. The fraction of sp³-hybridized carbons (Fsp3) is 0.478. The Morgan fingerprint density at radius 1 is 1.03 bits per heavy atom. The molecule has 4 saturated carbocycles. The third-order valence-electron chi connectivity index (χ3n) is 7.22. The van der Waals surface area contributed by atoms with Crippen LogP contribution in [0.3, 0.4) is 0 Å². The van der Waals surface area contributed by atoms with Gasteiger partial charge in [-0.2, -0.15) is 5.10 Å². The van der Waals surface area contributed by atoms with Gasteiger partial charge in [0.25, 0.3) is 0 Å². The van der Waals surface area contributed by atoms with Crippen LogP contribution in [0.1, 0.15) is 32.1 Å². The zero-order chi connectivity index (χ0) is 20.1. The van der Waals surface area contributed by atoms with Gasteiger partial charge >= 0.3 is 0 Å². The normalized spacial score (nSPS) is 29.4. The summed E-state index contributed by atoms with van der Waals surface area (Å²) in [5.41, 5.74) is 1.72. The largest absolute Gasteiger partial charge is 0.352 e. The van der Waals surface area contributed by atoms with E-state index in [4.69, 9.17) is 0 Å². The molecule has 0 saturated heterocycles. The number of amides is 1. The minimum absolute atomic E-state index is 0.125. The first-order chi connectivity index (χ1) is 14.7. The molecular formula is C23H25N5OS. The number of para-hydroxylation sites is 1. The molecule has 7 heteroatoms. The average molecular weight is 420 g/mol. The van der Waals surface area contributed by atoms with Crippen molar-refractivity contribution in [2.75, 3.05) is 5.75 Å². The first kappa shape index (κ1) is 18.4. The van der Waals surface area contributed by atoms with Crippen molar-refractivity contribution < 1.29 is 4.79 Å². The number of fused-ring (bicyclic) bond motifs is 1. The monoisotopic (exact) mass is 419 g/mol. The van der Waals surface area contributed by atoms with E-state index in [2.05, 4.69) is 20.4 Å². The number of carbonyl (C=O) groups is 1. The maximum Gasteiger partial charge on any atom is 0.230 e. The zero-order valence-electron chi connectivity index (χ0n) is 16.8. The van der Waals surface area contributed by atoms with E-state index in [1.807, 2.05) is 35.0 Å². The van der Waals surface area contributed by atoms with Crippen molar-refractivity contribution in [3.05, 3.63) is 42.9 Å². The fourth-order valence-corrected chi connectivity index (χ4v) is 6.99. The first-order valence-corrected chi connectivity index (χ1v) is 11.9. The van der Waals surface area contributed by atoms with Gasteiger partial charge in [-0.25, -0.2) is 14.6 Å². The number of nitrogens with zero attached hydrogens (tertiary/aromatic N) is 4. The molecule has 1 aromatic carbocycles. The van der Waals surface area contributed by atoms with Crippen LogP contribution in [0.2, 0.25) is 0 Å². The molecule has 4 fully saturated rings. The molecule has 0 radical (unpaired) electrons. The van der Waals surface area contributed by atoms with Gasteiger partial charge in [-0.1, -0.05) is 30.0 Å². The zero-order valence-corrected chi connectivity index (χ0v) is 17.6. The van der Waals surface area contributed by atoms with E-state index < -0.39 is 0 Å². The summed E-state index contributed by atoms with van der Waals surface area (Å²) in [6.07, 6.45) is 10.0. The molecule has 4 aliphatic rings. The van der Waals surface area contributed by atoms with Crippen molar-refractivity contribution in [1.29, 1.82) is 0 Å². The standard InChI is InChI=1S/C23H25N5OS/c29-20(27-21-16-7-14-6-15(9-16)10-17(21)8-14)12-30-23-19-11-26-28(22(19)24-13-25-23)18-4-2-1-3-5-18/h1-5,11,13-17,21H,6-10,12H2,(H,27,29). The Morgan fingerprint density at radius 2 is 1.77 bits per heavy atom. The average Bonchev–Trinajstić information content (AvgIpc) is 3.20. The first-order valence-electron chi connectivity index (χ1n) is 10.9. The Kier molecular flexibility index (Phi) is 4.52. The summed E-state index contributed by atoms with van der Waals surface area (Å²) in [5.74, 6) is 3.75. The predicted octanol–water partition coefficient (Wildman–Crippen LogP) is 3.85. The number of hydrogen-bond acceptors (Lipinski definition) is 5. The van der Waals surface area contributed by atoms with Crippen LogP contribution in [0.25, 0.3) is 16.7 Å². The molecule has 4 bridgehead atoms. The van der Waals surface area contributed by atoms with Gasteiger partial charge in [0.2, 0.25) is 5.91 Å². The molecule has 0 aliphatic heterocycles. The quantitative estimate of drug-likeness (QED) is 0.502. The lowest BCUT2D eigenvalue weighted by molar-refractivity contribution is -0.122. The van der Waals surface area contributed by atoms with Gasteiger partial charge in [-0.05, 0) is 67.9 Å². The van der Waals surface area contributed by atoms with E-state index in [1.165, 1.54) is 43.9 Å². The highest BCUT2D eigenvalue weighted by atomic mass is 32.2. The Morgan fingerprint density at radius 3 is 2.50 bits per heavy atom. The lowest BCUT2D eigenvalue weighted by atomic mass is 9.54. The topological polar surface area (TPSA) is 72.7 Å². The SMILES string of the molecule is O=C(CSc1ncnc2c1cnn2-c1ccccc1)NC1C2CC3CC(C2)CC1C3. The van der Waals surface area contributed by atoms with Crippen LogP contribution in [0.15, 0.2) is 47.9 Å². The van der Waals surface area contributed by atoms with Gasteiger partial charge in [0, 0.05) is 6.04 Å². The van der Waals surface area contributed by atoms with Crippen molar-refractivity contribution in [2.45, 2.75) is 43.2 Å². The van der Waals surface area contributed by atoms with Gasteiger partial charge in [-0.3, -0.25) is 4.79 Å². The molecule has 2 aromatic heterocycles. The van der Waals surface area contributed by atoms with Crippen LogP contribution in [0.5, 0.6) is 0 Å². The molecule has 30 heavy (non-hydrogen) atoms. The van der Waals surface area contributed by atoms with Gasteiger partial charge in [-0.15, -0.1) is 0 Å². The van der Waals surface area contributed by atoms with Crippen molar-refractivity contribution in [2.24, 2.45) is 23.7 Å². The number of benzene rings is 1. The Balaban J connectivity index is 1.15. The second kappa shape index (κ2) is 7.38. The van der Waals surface area contributed by atoms with E-state index in [0.29, 0.717) is 23.6 Å². The minimum Gasteiger partial charge on any atom is -0.352 e. The summed E-state index contributed by atoms with van der Waals surface area (Å²) in [4.78, 5) is 21.6. The second-order valence-electron chi connectivity index (χ2n) is 9.12. The minimum atomic E-state index is 0.125. The van der Waals surface area contributed by atoms with Crippen LogP contribution in [0.4, 0.5) is 0 Å². The molecular weight excluding hydrogens is 394 g/mol. The molecule has 0 spiro atoms. The highest BCUT2D eigenvalue weighted by Gasteiger charge is 2.48. The summed E-state index contributed by atoms with van der Waals surface area (Å²) in [6, 6.07) is 10.3. The van der Waals surface area contributed by atoms with Crippen molar-refractivity contribution in [1.82, 2.24) is 25.1 Å². The molecule has 0 unspecified atom stereocenters. The van der Waals surface area contributed by atoms with Crippen molar-refractivity contribution >= 4 is 28.7 Å². The maximum absolute atomic E-state index is 12.8. The Bertz CT molecular complexity index is 1050. The number of rotatable bonds is 5. The number of hydrogen-bond donors (Lipinski definition) is 1. The van der Waals surface area contributed by atoms with Crippen LogP contribution in [-0.2, 0) is 4.79 Å². The lowest BCUT2D eigenvalue weighted by Crippen LogP contribution is -2.56. The highest BCUT2D eigenvalue weighted by molar-refractivity contribution is 8.00. The summed E-state index contributed by atoms with van der Waals surface area (Å²) >= 11 is 1.48. The van der Waals surface area contributed by atoms with E-state index in [0.717, 1.165) is 33.6 Å². The maximum atomic E-state index is 12.8. The molecule has 0 atom stereocenters. The van der Waals surface area contributed by atoms with Gasteiger partial charge in [0.05, 0.1) is 23.0 Å². The molecule has 7 rings (SSSR count). The number of thioether (sulfide) groups is 1. The molecule has 1 amide bonds. The van der Waals surface area contributed by atoms with E-state index in [-0.39, 0.29) is 5.91 Å². The van der Waals surface area contributed by atoms with E-state index in [9.17, 15) is 4.79 Å². The van der Waals surface area contributed by atoms with Crippen LogP contribution in [0, 0.1) is 23.7 Å². The van der Waals surface area contributed by atoms with Crippen LogP contribution >= 0.6 is 11.8 Å². The molecule has 6 nitrogen and oxygen atoms in total. The third kappa shape index (κ3) is 3.20. The van der Waals surface area contributed by atoms with E-state index >= 15 is 0 Å². The smallest absolute Gasteiger partial charge is 0.230 e. The molecule has 2 heterocycles. The van der Waals surface area contributed by atoms with Gasteiger partial charge in [0.1, 0.15) is 11.4 Å². The Labute approximate surface area is 179 Å². The number of carbonyl (C=O) groups excluding carboxylic acids is 1. The van der Waals surface area contributed by atoms with Crippen molar-refractivity contribution in [3.63, 3.8) is 0 Å². The summed E-state index contributed by atoms with van der Waals surface area (Å²) in [7, 11) is 0. The number of aromatic nitrogens is 4. The number of nitrogens with one attached hydrogen (secondary N) is 1. The summed E-state index contributed by atoms with van der Waals surface area (Å²) in [6.45, 7) is 0. The fourth-order valence-electron chi connectivity index (χ4n) is 6.22. The van der Waals surface area contributed by atoms with Gasteiger partial charge in [0.15, 0.2) is 5.65 Å². The van der Waals surface area contributed by atoms with Crippen molar-refractivity contribution in [3.8, 4) is 5.69 Å². The predicted molar refractivity (Wildman–Crippen MR) is 116 cm³/mol. The van der Waals surface area contributed by atoms with Gasteiger partial charge < -0.3 is 5.32 Å². The lowest BCUT2D eigenvalue weighted by Gasteiger charge is -2.54. The Hall–Kier alpha value is -2.41. The summed E-state index contributed by atoms with van der Waals surface area (Å²) in [5, 5.41) is 9.58. The molecule has 3 aromatic rings. The highest BCUT2D eigenvalue weighted by Crippen LogP contribution is 2.53. The molecule has 154 valence electrons. The van der Waals surface area contributed by atoms with Crippen LogP contribution in [-0.4, -0.2) is 37.5 Å². The van der Waals surface area contributed by atoms with E-state index in [1.54, 1.807) is 12.5 Å². The third-order valence-corrected chi connectivity index (χ3v) is 8.23. The summed E-state index contributed by atoms with van der Waals surface area (Å²) < 4.78 is 1.82. The molecule has 4 aliphatic carbocycles. The molecule has 1 N–H and O–H groups in total.